The lowest BCUT2D eigenvalue weighted by Crippen LogP contribution is -2.24. The van der Waals surface area contributed by atoms with Gasteiger partial charge in [-0.15, -0.1) is 6.42 Å². The van der Waals surface area contributed by atoms with Crippen LogP contribution < -0.4 is 10.0 Å². The van der Waals surface area contributed by atoms with E-state index in [1.54, 1.807) is 0 Å². The first-order chi connectivity index (χ1) is 13.2. The zero-order valence-corrected chi connectivity index (χ0v) is 15.1. The molecule has 7 nitrogen and oxygen atoms in total. The topological polar surface area (TPSA) is 102 Å². The average molecular weight is 408 g/mol. The molecule has 0 aliphatic heterocycles. The molecule has 0 saturated carbocycles. The summed E-state index contributed by atoms with van der Waals surface area (Å²) in [6, 6.07) is 7.53. The Labute approximate surface area is 159 Å². The second-order valence-electron chi connectivity index (χ2n) is 5.31. The molecule has 10 heteroatoms. The molecule has 146 valence electrons. The first kappa shape index (κ1) is 21.0. The summed E-state index contributed by atoms with van der Waals surface area (Å²) in [4.78, 5) is 23.6. The monoisotopic (exact) mass is 408 g/mol. The van der Waals surface area contributed by atoms with Crippen molar-refractivity contribution >= 4 is 27.6 Å². The van der Waals surface area contributed by atoms with Gasteiger partial charge >= 0.3 is 5.97 Å². The Kier molecular flexibility index (Phi) is 6.81. The van der Waals surface area contributed by atoms with E-state index in [9.17, 15) is 26.8 Å². The largest absolute Gasteiger partial charge is 0.452 e. The number of carbonyl (C=O) groups is 2. The highest BCUT2D eigenvalue weighted by atomic mass is 32.2. The van der Waals surface area contributed by atoms with Crippen LogP contribution in [0.25, 0.3) is 0 Å². The van der Waals surface area contributed by atoms with E-state index >= 15 is 0 Å². The van der Waals surface area contributed by atoms with Crippen LogP contribution in [0.15, 0.2) is 47.4 Å². The summed E-state index contributed by atoms with van der Waals surface area (Å²) < 4.78 is 56.6. The molecule has 0 saturated heterocycles. The number of nitrogens with one attached hydrogen (secondary N) is 2. The molecule has 28 heavy (non-hydrogen) atoms. The number of hydrogen-bond acceptors (Lipinski definition) is 5. The number of hydrogen-bond donors (Lipinski definition) is 2. The highest BCUT2D eigenvalue weighted by Crippen LogP contribution is 2.14. The summed E-state index contributed by atoms with van der Waals surface area (Å²) in [6.07, 6.45) is 4.99. The van der Waals surface area contributed by atoms with E-state index in [1.165, 1.54) is 24.3 Å². The van der Waals surface area contributed by atoms with Gasteiger partial charge in [0.25, 0.3) is 5.91 Å². The van der Waals surface area contributed by atoms with Crippen LogP contribution in [0.5, 0.6) is 0 Å². The standard InChI is InChI=1S/C18H14F2N2O5S/c1-2-9-21-28(25,26)14-6-3-12(4-7-14)18(24)27-11-17(23)22-13-5-8-15(19)16(20)10-13/h1,3-8,10,21H,9,11H2,(H,22,23). The Morgan fingerprint density at radius 2 is 1.75 bits per heavy atom. The molecule has 0 aromatic heterocycles. The van der Waals surface area contributed by atoms with Gasteiger partial charge in [-0.25, -0.2) is 22.0 Å². The molecule has 2 N–H and O–H groups in total. The van der Waals surface area contributed by atoms with Crippen molar-refractivity contribution in [1.82, 2.24) is 4.72 Å². The molecular weight excluding hydrogens is 394 g/mol. The summed E-state index contributed by atoms with van der Waals surface area (Å²) in [5, 5.41) is 2.24. The van der Waals surface area contributed by atoms with E-state index in [4.69, 9.17) is 11.2 Å². The van der Waals surface area contributed by atoms with E-state index in [2.05, 4.69) is 16.0 Å². The van der Waals surface area contributed by atoms with Crippen molar-refractivity contribution in [2.24, 2.45) is 0 Å². The lowest BCUT2D eigenvalue weighted by atomic mass is 10.2. The number of halogens is 2. The van der Waals surface area contributed by atoms with Crippen molar-refractivity contribution in [2.75, 3.05) is 18.5 Å². The number of carbonyl (C=O) groups excluding carboxylic acids is 2. The van der Waals surface area contributed by atoms with Crippen molar-refractivity contribution in [3.05, 3.63) is 59.7 Å². The Morgan fingerprint density at radius 3 is 2.36 bits per heavy atom. The zero-order valence-electron chi connectivity index (χ0n) is 14.2. The lowest BCUT2D eigenvalue weighted by molar-refractivity contribution is -0.119. The summed E-state index contributed by atoms with van der Waals surface area (Å²) in [6.45, 7) is -0.860. The van der Waals surface area contributed by atoms with Gasteiger partial charge in [-0.05, 0) is 36.4 Å². The predicted octanol–water partition coefficient (Wildman–Crippen LogP) is 1.67. The van der Waals surface area contributed by atoms with Crippen LogP contribution in [0.1, 0.15) is 10.4 Å². The van der Waals surface area contributed by atoms with Crippen molar-refractivity contribution in [3.8, 4) is 12.3 Å². The third kappa shape index (κ3) is 5.60. The quantitative estimate of drug-likeness (QED) is 0.536. The van der Waals surface area contributed by atoms with Crippen molar-refractivity contribution in [3.63, 3.8) is 0 Å². The molecule has 2 aromatic carbocycles. The maximum atomic E-state index is 13.1. The maximum Gasteiger partial charge on any atom is 0.338 e. The summed E-state index contributed by atoms with van der Waals surface area (Å²) >= 11 is 0. The van der Waals surface area contributed by atoms with Crippen molar-refractivity contribution < 1.29 is 31.5 Å². The molecule has 0 atom stereocenters. The molecule has 2 rings (SSSR count). The highest BCUT2D eigenvalue weighted by molar-refractivity contribution is 7.89. The smallest absolute Gasteiger partial charge is 0.338 e. The fourth-order valence-corrected chi connectivity index (χ4v) is 2.91. The number of terminal acetylenes is 1. The first-order valence-electron chi connectivity index (χ1n) is 7.68. The SMILES string of the molecule is C#CCNS(=O)(=O)c1ccc(C(=O)OCC(=O)Nc2ccc(F)c(F)c2)cc1. The molecule has 0 unspecified atom stereocenters. The van der Waals surface area contributed by atoms with Gasteiger partial charge in [0, 0.05) is 11.8 Å². The molecule has 0 radical (unpaired) electrons. The number of rotatable bonds is 7. The zero-order chi connectivity index (χ0) is 20.7. The van der Waals surface area contributed by atoms with Gasteiger partial charge in [-0.1, -0.05) is 5.92 Å². The number of ether oxygens (including phenoxy) is 1. The van der Waals surface area contributed by atoms with Gasteiger partial charge in [-0.2, -0.15) is 4.72 Å². The first-order valence-corrected chi connectivity index (χ1v) is 9.16. The minimum atomic E-state index is -3.80. The number of sulfonamides is 1. The number of anilines is 1. The van der Waals surface area contributed by atoms with E-state index in [-0.39, 0.29) is 22.7 Å². The third-order valence-corrected chi connectivity index (χ3v) is 4.72. The van der Waals surface area contributed by atoms with Crippen molar-refractivity contribution in [2.45, 2.75) is 4.90 Å². The van der Waals surface area contributed by atoms with Gasteiger partial charge in [0.05, 0.1) is 17.0 Å². The van der Waals surface area contributed by atoms with Crippen molar-refractivity contribution in [1.29, 1.82) is 0 Å². The summed E-state index contributed by atoms with van der Waals surface area (Å²) in [7, 11) is -3.80. The van der Waals surface area contributed by atoms with Crippen LogP contribution in [-0.4, -0.2) is 33.4 Å². The highest BCUT2D eigenvalue weighted by Gasteiger charge is 2.15. The Bertz CT molecular complexity index is 1030. The van der Waals surface area contributed by atoms with Crippen LogP contribution in [0, 0.1) is 24.0 Å². The van der Waals surface area contributed by atoms with Gasteiger partial charge in [0.15, 0.2) is 18.2 Å². The molecule has 0 bridgehead atoms. The second-order valence-corrected chi connectivity index (χ2v) is 7.07. The van der Waals surface area contributed by atoms with Crippen LogP contribution in [-0.2, 0) is 19.6 Å². The van der Waals surface area contributed by atoms with Gasteiger partial charge < -0.3 is 10.1 Å². The molecule has 0 aliphatic carbocycles. The molecule has 0 heterocycles. The van der Waals surface area contributed by atoms with Gasteiger partial charge in [0.1, 0.15) is 0 Å². The normalized spacial score (nSPS) is 10.8. The average Bonchev–Trinajstić information content (AvgIpc) is 2.67. The Morgan fingerprint density at radius 1 is 1.07 bits per heavy atom. The molecule has 1 amide bonds. The van der Waals surface area contributed by atoms with E-state index in [0.29, 0.717) is 0 Å². The van der Waals surface area contributed by atoms with Crippen LogP contribution in [0.2, 0.25) is 0 Å². The fraction of sp³-hybridized carbons (Fsp3) is 0.111. The predicted molar refractivity (Wildman–Crippen MR) is 95.7 cm³/mol. The van der Waals surface area contributed by atoms with E-state index < -0.39 is 40.1 Å². The third-order valence-electron chi connectivity index (χ3n) is 3.30. The Hall–Kier alpha value is -3.29. The molecular formula is C18H14F2N2O5S. The molecule has 0 aliphatic rings. The van der Waals surface area contributed by atoms with E-state index in [0.717, 1.165) is 18.2 Å². The maximum absolute atomic E-state index is 13.1. The van der Waals surface area contributed by atoms with Gasteiger partial charge in [0.2, 0.25) is 10.0 Å². The van der Waals surface area contributed by atoms with Crippen LogP contribution >= 0.6 is 0 Å². The van der Waals surface area contributed by atoms with E-state index in [1.807, 2.05) is 0 Å². The molecule has 0 spiro atoms. The fourth-order valence-electron chi connectivity index (χ4n) is 1.98. The van der Waals surface area contributed by atoms with Crippen LogP contribution in [0.3, 0.4) is 0 Å². The molecule has 0 fully saturated rings. The minimum Gasteiger partial charge on any atom is -0.452 e. The number of amides is 1. The van der Waals surface area contributed by atoms with Gasteiger partial charge in [-0.3, -0.25) is 4.79 Å². The summed E-state index contributed by atoms with van der Waals surface area (Å²) in [5.41, 5.74) is 0.00510. The van der Waals surface area contributed by atoms with Crippen LogP contribution in [0.4, 0.5) is 14.5 Å². The lowest BCUT2D eigenvalue weighted by Gasteiger charge is -2.08. The second kappa shape index (κ2) is 9.07. The number of esters is 1. The minimum absolute atomic E-state index is 0.00558. The summed E-state index contributed by atoms with van der Waals surface area (Å²) in [5.74, 6) is -1.71. The number of benzene rings is 2. The molecule has 2 aromatic rings. The Balaban J connectivity index is 1.93.